The molecule has 9 aromatic rings. The summed E-state index contributed by atoms with van der Waals surface area (Å²) in [4.78, 5) is 0. The van der Waals surface area contributed by atoms with Gasteiger partial charge in [0, 0.05) is 38.4 Å². The Morgan fingerprint density at radius 2 is 0.917 bits per heavy atom. The maximum Gasteiger partial charge on any atom is 0.0998 e. The third kappa shape index (κ3) is 4.14. The highest BCUT2D eigenvalue weighted by Gasteiger charge is 2.18. The molecule has 0 aliphatic heterocycles. The molecule has 4 heteroatoms. The molecular weight excluding hydrogens is 585 g/mol. The summed E-state index contributed by atoms with van der Waals surface area (Å²) in [6, 6.07) is 58.8. The number of aromatic nitrogens is 2. The van der Waals surface area contributed by atoms with Crippen molar-refractivity contribution in [3.05, 3.63) is 169 Å². The topological polar surface area (TPSA) is 57.4 Å². The lowest BCUT2D eigenvalue weighted by atomic mass is 9.93. The lowest BCUT2D eigenvalue weighted by Crippen LogP contribution is -1.99. The zero-order valence-electron chi connectivity index (χ0n) is 25.8. The zero-order chi connectivity index (χ0) is 32.2. The minimum Gasteiger partial charge on any atom is -0.309 e. The minimum atomic E-state index is 0.570. The first kappa shape index (κ1) is 27.4. The highest BCUT2D eigenvalue weighted by atomic mass is 15.0. The second kappa shape index (κ2) is 10.9. The second-order valence-corrected chi connectivity index (χ2v) is 12.0. The standard InChI is InChI=1S/C44H26N4/c45-27-29-23-32(25-33(24-29)47-40-16-6-1-11-34(40)35-12-2-7-17-41(35)47)30-21-22-31(28-46)39(26-30)38-15-5-10-20-44(38)48-42-18-8-3-13-36(42)37-14-4-9-19-43(37)48/h1-26H. The van der Waals surface area contributed by atoms with Crippen molar-refractivity contribution in [3.63, 3.8) is 0 Å². The quantitative estimate of drug-likeness (QED) is 0.199. The van der Waals surface area contributed by atoms with Gasteiger partial charge < -0.3 is 9.13 Å². The number of nitrogens with zero attached hydrogens (tertiary/aromatic N) is 4. The Morgan fingerprint density at radius 1 is 0.396 bits per heavy atom. The summed E-state index contributed by atoms with van der Waals surface area (Å²) in [5.74, 6) is 0. The molecule has 0 N–H and O–H groups in total. The van der Waals surface area contributed by atoms with Crippen molar-refractivity contribution in [2.75, 3.05) is 0 Å². The summed E-state index contributed by atoms with van der Waals surface area (Å²) < 4.78 is 4.53. The Hall–Kier alpha value is -6.88. The fraction of sp³-hybridized carbons (Fsp3) is 0. The normalized spacial score (nSPS) is 11.3. The van der Waals surface area contributed by atoms with Gasteiger partial charge >= 0.3 is 0 Å². The van der Waals surface area contributed by atoms with E-state index in [1.807, 2.05) is 48.5 Å². The van der Waals surface area contributed by atoms with Crippen LogP contribution in [-0.4, -0.2) is 9.13 Å². The Balaban J connectivity index is 1.27. The van der Waals surface area contributed by atoms with E-state index in [0.717, 1.165) is 55.7 Å². The molecule has 0 spiro atoms. The van der Waals surface area contributed by atoms with Crippen LogP contribution in [-0.2, 0) is 0 Å². The average molecular weight is 611 g/mol. The van der Waals surface area contributed by atoms with E-state index >= 15 is 0 Å². The molecule has 0 unspecified atom stereocenters. The molecule has 0 radical (unpaired) electrons. The number of hydrogen-bond acceptors (Lipinski definition) is 2. The predicted molar refractivity (Wildman–Crippen MR) is 195 cm³/mol. The molecule has 48 heavy (non-hydrogen) atoms. The van der Waals surface area contributed by atoms with Crippen molar-refractivity contribution >= 4 is 43.6 Å². The Bertz CT molecular complexity index is 2710. The fourth-order valence-corrected chi connectivity index (χ4v) is 7.29. The van der Waals surface area contributed by atoms with Crippen LogP contribution in [0.4, 0.5) is 0 Å². The predicted octanol–water partition coefficient (Wildman–Crippen LogP) is 11.0. The maximum atomic E-state index is 10.4. The number of nitriles is 2. The van der Waals surface area contributed by atoms with E-state index in [1.165, 1.54) is 21.5 Å². The van der Waals surface area contributed by atoms with E-state index in [0.29, 0.717) is 11.1 Å². The van der Waals surface area contributed by atoms with Gasteiger partial charge in [-0.3, -0.25) is 0 Å². The highest BCUT2D eigenvalue weighted by Crippen LogP contribution is 2.39. The molecule has 0 saturated carbocycles. The van der Waals surface area contributed by atoms with E-state index in [9.17, 15) is 10.5 Å². The molecule has 7 aromatic carbocycles. The number of hydrogen-bond donors (Lipinski definition) is 0. The van der Waals surface area contributed by atoms with Gasteiger partial charge in [-0.15, -0.1) is 0 Å². The molecule has 2 heterocycles. The monoisotopic (exact) mass is 610 g/mol. The first-order valence-electron chi connectivity index (χ1n) is 15.9. The largest absolute Gasteiger partial charge is 0.309 e. The van der Waals surface area contributed by atoms with Crippen molar-refractivity contribution in [2.24, 2.45) is 0 Å². The third-order valence-electron chi connectivity index (χ3n) is 9.37. The van der Waals surface area contributed by atoms with Gasteiger partial charge in [-0.05, 0) is 71.8 Å². The Kier molecular flexibility index (Phi) is 6.22. The molecule has 0 aliphatic rings. The van der Waals surface area contributed by atoms with Crippen molar-refractivity contribution in [1.82, 2.24) is 9.13 Å². The van der Waals surface area contributed by atoms with Gasteiger partial charge in [-0.25, -0.2) is 0 Å². The van der Waals surface area contributed by atoms with E-state index < -0.39 is 0 Å². The molecule has 9 rings (SSSR count). The van der Waals surface area contributed by atoms with Crippen LogP contribution < -0.4 is 0 Å². The molecule has 0 aliphatic carbocycles. The summed E-state index contributed by atoms with van der Waals surface area (Å²) in [6.45, 7) is 0. The first-order valence-corrected chi connectivity index (χ1v) is 15.9. The van der Waals surface area contributed by atoms with Crippen LogP contribution in [0.5, 0.6) is 0 Å². The van der Waals surface area contributed by atoms with Gasteiger partial charge in [0.15, 0.2) is 0 Å². The van der Waals surface area contributed by atoms with Crippen LogP contribution in [0.3, 0.4) is 0 Å². The van der Waals surface area contributed by atoms with Crippen LogP contribution in [0.1, 0.15) is 11.1 Å². The Morgan fingerprint density at radius 3 is 1.48 bits per heavy atom. The number of fused-ring (bicyclic) bond motifs is 6. The fourth-order valence-electron chi connectivity index (χ4n) is 7.29. The minimum absolute atomic E-state index is 0.570. The summed E-state index contributed by atoms with van der Waals surface area (Å²) in [5, 5.41) is 25.2. The van der Waals surface area contributed by atoms with Crippen LogP contribution in [0.15, 0.2) is 158 Å². The lowest BCUT2D eigenvalue weighted by molar-refractivity contribution is 1.18. The van der Waals surface area contributed by atoms with E-state index in [1.54, 1.807) is 0 Å². The molecule has 0 bridgehead atoms. The summed E-state index contributed by atoms with van der Waals surface area (Å²) in [6.07, 6.45) is 0. The molecule has 0 saturated heterocycles. The zero-order valence-corrected chi connectivity index (χ0v) is 25.8. The van der Waals surface area contributed by atoms with Crippen molar-refractivity contribution in [2.45, 2.75) is 0 Å². The van der Waals surface area contributed by atoms with Gasteiger partial charge in [0.2, 0.25) is 0 Å². The smallest absolute Gasteiger partial charge is 0.0998 e. The van der Waals surface area contributed by atoms with Crippen LogP contribution >= 0.6 is 0 Å². The molecule has 0 amide bonds. The van der Waals surface area contributed by atoms with Gasteiger partial charge in [-0.2, -0.15) is 10.5 Å². The molecule has 2 aromatic heterocycles. The summed E-state index contributed by atoms with van der Waals surface area (Å²) in [7, 11) is 0. The van der Waals surface area contributed by atoms with E-state index in [4.69, 9.17) is 0 Å². The van der Waals surface area contributed by atoms with E-state index in [-0.39, 0.29) is 0 Å². The van der Waals surface area contributed by atoms with Crippen LogP contribution in [0.2, 0.25) is 0 Å². The van der Waals surface area contributed by atoms with Crippen molar-refractivity contribution in [3.8, 4) is 45.8 Å². The number of benzene rings is 7. The summed E-state index contributed by atoms with van der Waals surface area (Å²) in [5.41, 5.74) is 11.1. The molecule has 0 fully saturated rings. The number of rotatable bonds is 4. The SMILES string of the molecule is N#Cc1cc(-c2ccc(C#N)c(-c3ccccc3-n3c4ccccc4c4ccccc43)c2)cc(-n2c3ccccc3c3ccccc32)c1. The highest BCUT2D eigenvalue weighted by molar-refractivity contribution is 6.10. The lowest BCUT2D eigenvalue weighted by Gasteiger charge is -2.16. The molecular formula is C44H26N4. The molecule has 0 atom stereocenters. The summed E-state index contributed by atoms with van der Waals surface area (Å²) >= 11 is 0. The maximum absolute atomic E-state index is 10.4. The van der Waals surface area contributed by atoms with Crippen molar-refractivity contribution in [1.29, 1.82) is 10.5 Å². The molecule has 222 valence electrons. The first-order chi connectivity index (χ1) is 23.7. The van der Waals surface area contributed by atoms with Crippen LogP contribution in [0, 0.1) is 22.7 Å². The Labute approximate surface area is 277 Å². The molecule has 4 nitrogen and oxygen atoms in total. The van der Waals surface area contributed by atoms with Gasteiger partial charge in [0.05, 0.1) is 51.0 Å². The second-order valence-electron chi connectivity index (χ2n) is 12.0. The van der Waals surface area contributed by atoms with Crippen LogP contribution in [0.25, 0.3) is 77.2 Å². The van der Waals surface area contributed by atoms with Gasteiger partial charge in [0.1, 0.15) is 0 Å². The van der Waals surface area contributed by atoms with Gasteiger partial charge in [-0.1, -0.05) is 97.1 Å². The van der Waals surface area contributed by atoms with Crippen molar-refractivity contribution < 1.29 is 0 Å². The average Bonchev–Trinajstić information content (AvgIpc) is 3.67. The number of para-hydroxylation sites is 5. The van der Waals surface area contributed by atoms with Gasteiger partial charge in [0.25, 0.3) is 0 Å². The third-order valence-corrected chi connectivity index (χ3v) is 9.37. The van der Waals surface area contributed by atoms with E-state index in [2.05, 4.69) is 130 Å².